The normalized spacial score (nSPS) is 18.6. The number of thiocarbonyl (C=S) groups is 1. The molecule has 7 heteroatoms. The molecule has 2 aromatic rings. The van der Waals surface area contributed by atoms with Crippen LogP contribution >= 0.6 is 12.2 Å². The fourth-order valence-corrected chi connectivity index (χ4v) is 4.00. The third-order valence-electron chi connectivity index (χ3n) is 5.36. The van der Waals surface area contributed by atoms with Crippen molar-refractivity contribution in [2.45, 2.75) is 19.3 Å². The van der Waals surface area contributed by atoms with Crippen molar-refractivity contribution in [3.8, 4) is 5.75 Å². The average Bonchev–Trinajstić information content (AvgIpc) is 2.78. The monoisotopic (exact) mass is 421 g/mol. The van der Waals surface area contributed by atoms with Gasteiger partial charge in [-0.15, -0.1) is 0 Å². The summed E-state index contributed by atoms with van der Waals surface area (Å²) in [6.07, 6.45) is 5.31. The van der Waals surface area contributed by atoms with E-state index in [0.29, 0.717) is 11.4 Å². The molecule has 0 atom stereocenters. The lowest BCUT2D eigenvalue weighted by Crippen LogP contribution is -2.54. The predicted molar refractivity (Wildman–Crippen MR) is 122 cm³/mol. The van der Waals surface area contributed by atoms with Gasteiger partial charge in [0.1, 0.15) is 11.3 Å². The number of benzene rings is 2. The molecule has 4 rings (SSSR count). The summed E-state index contributed by atoms with van der Waals surface area (Å²) in [5.74, 6) is -0.272. The van der Waals surface area contributed by atoms with Gasteiger partial charge < -0.3 is 9.64 Å². The van der Waals surface area contributed by atoms with Crippen LogP contribution in [0.5, 0.6) is 5.75 Å². The lowest BCUT2D eigenvalue weighted by Gasteiger charge is -2.29. The quantitative estimate of drug-likeness (QED) is 0.465. The molecule has 2 aromatic carbocycles. The fourth-order valence-electron chi connectivity index (χ4n) is 3.72. The van der Waals surface area contributed by atoms with Crippen LogP contribution in [0.4, 0.5) is 11.4 Å². The Bertz CT molecular complexity index is 993. The van der Waals surface area contributed by atoms with E-state index in [1.807, 2.05) is 24.3 Å². The van der Waals surface area contributed by atoms with Crippen molar-refractivity contribution in [2.24, 2.45) is 0 Å². The third-order valence-corrected chi connectivity index (χ3v) is 5.64. The van der Waals surface area contributed by atoms with Crippen molar-refractivity contribution in [1.82, 2.24) is 5.32 Å². The highest BCUT2D eigenvalue weighted by Crippen LogP contribution is 2.25. The number of carbonyl (C=O) groups excluding carboxylic acids is 2. The maximum atomic E-state index is 13.1. The van der Waals surface area contributed by atoms with E-state index in [9.17, 15) is 9.59 Å². The lowest BCUT2D eigenvalue weighted by atomic mass is 10.1. The van der Waals surface area contributed by atoms with Gasteiger partial charge in [-0.25, -0.2) is 0 Å². The number of hydrogen-bond acceptors (Lipinski definition) is 5. The van der Waals surface area contributed by atoms with E-state index in [2.05, 4.69) is 10.2 Å². The standard InChI is InChI=1S/C23H23N3O3S/c1-29-19-11-9-18(10-12-19)26-22(28)20(21(27)24-23(26)30)15-16-5-7-17(8-6-16)25-13-3-2-4-14-25/h5-12,15H,2-4,13-14H2,1H3,(H,24,27,30)/b20-15+. The van der Waals surface area contributed by atoms with E-state index in [1.165, 1.54) is 24.2 Å². The number of ether oxygens (including phenoxy) is 1. The number of methoxy groups -OCH3 is 1. The van der Waals surface area contributed by atoms with Crippen LogP contribution < -0.4 is 19.9 Å². The van der Waals surface area contributed by atoms with Crippen LogP contribution in [0.25, 0.3) is 6.08 Å². The Balaban J connectivity index is 1.58. The van der Waals surface area contributed by atoms with Gasteiger partial charge in [0.25, 0.3) is 11.8 Å². The Morgan fingerprint density at radius 3 is 2.20 bits per heavy atom. The SMILES string of the molecule is COc1ccc(N2C(=O)/C(=C/c3ccc(N4CCCCC4)cc3)C(=O)NC2=S)cc1. The minimum absolute atomic E-state index is 0.0464. The first-order chi connectivity index (χ1) is 14.6. The molecule has 1 N–H and O–H groups in total. The summed E-state index contributed by atoms with van der Waals surface area (Å²) in [7, 11) is 1.57. The molecule has 0 bridgehead atoms. The van der Waals surface area contributed by atoms with Gasteiger partial charge in [-0.1, -0.05) is 12.1 Å². The number of nitrogens with one attached hydrogen (secondary N) is 1. The molecule has 2 saturated heterocycles. The molecule has 2 amide bonds. The van der Waals surface area contributed by atoms with Gasteiger partial charge in [0.15, 0.2) is 5.11 Å². The van der Waals surface area contributed by atoms with Crippen LogP contribution in [-0.2, 0) is 9.59 Å². The highest BCUT2D eigenvalue weighted by molar-refractivity contribution is 7.80. The molecule has 0 saturated carbocycles. The van der Waals surface area contributed by atoms with Gasteiger partial charge in [0.05, 0.1) is 12.8 Å². The van der Waals surface area contributed by atoms with Crippen LogP contribution in [-0.4, -0.2) is 37.1 Å². The molecule has 2 heterocycles. The number of rotatable bonds is 4. The summed E-state index contributed by atoms with van der Waals surface area (Å²) < 4.78 is 5.16. The summed E-state index contributed by atoms with van der Waals surface area (Å²) in [5.41, 5.74) is 2.57. The topological polar surface area (TPSA) is 61.9 Å². The molecule has 2 fully saturated rings. The molecule has 2 aliphatic heterocycles. The number of hydrogen-bond donors (Lipinski definition) is 1. The Labute approximate surface area is 181 Å². The highest BCUT2D eigenvalue weighted by atomic mass is 32.1. The van der Waals surface area contributed by atoms with Gasteiger partial charge in [0, 0.05) is 18.8 Å². The summed E-state index contributed by atoms with van der Waals surface area (Å²) in [6.45, 7) is 2.13. The first-order valence-electron chi connectivity index (χ1n) is 9.97. The van der Waals surface area contributed by atoms with E-state index in [0.717, 1.165) is 24.3 Å². The van der Waals surface area contributed by atoms with Crippen molar-refractivity contribution < 1.29 is 14.3 Å². The van der Waals surface area contributed by atoms with Crippen molar-refractivity contribution in [1.29, 1.82) is 0 Å². The first-order valence-corrected chi connectivity index (χ1v) is 10.4. The molecule has 0 aromatic heterocycles. The molecule has 0 aliphatic carbocycles. The molecule has 30 heavy (non-hydrogen) atoms. The van der Waals surface area contributed by atoms with Crippen LogP contribution in [0.3, 0.4) is 0 Å². The fraction of sp³-hybridized carbons (Fsp3) is 0.261. The van der Waals surface area contributed by atoms with Crippen molar-refractivity contribution in [3.63, 3.8) is 0 Å². The maximum absolute atomic E-state index is 13.1. The second-order valence-corrected chi connectivity index (χ2v) is 7.68. The Kier molecular flexibility index (Phi) is 5.81. The second kappa shape index (κ2) is 8.67. The number of piperidine rings is 1. The molecule has 2 aliphatic rings. The molecule has 0 spiro atoms. The summed E-state index contributed by atoms with van der Waals surface area (Å²) >= 11 is 5.24. The number of amides is 2. The summed E-state index contributed by atoms with van der Waals surface area (Å²) in [6, 6.07) is 14.9. The third kappa shape index (κ3) is 4.07. The summed E-state index contributed by atoms with van der Waals surface area (Å²) in [4.78, 5) is 29.2. The Morgan fingerprint density at radius 1 is 0.933 bits per heavy atom. The van der Waals surface area contributed by atoms with Gasteiger partial charge >= 0.3 is 0 Å². The molecule has 0 unspecified atom stereocenters. The van der Waals surface area contributed by atoms with Gasteiger partial charge in [-0.3, -0.25) is 19.8 Å². The zero-order valence-electron chi connectivity index (χ0n) is 16.8. The molecular formula is C23H23N3O3S. The van der Waals surface area contributed by atoms with Crippen LogP contribution in [0, 0.1) is 0 Å². The summed E-state index contributed by atoms with van der Waals surface area (Å²) in [5, 5.41) is 2.67. The number of nitrogens with zero attached hydrogens (tertiary/aromatic N) is 2. The van der Waals surface area contributed by atoms with Crippen LogP contribution in [0.1, 0.15) is 24.8 Å². The predicted octanol–water partition coefficient (Wildman–Crippen LogP) is 3.52. The van der Waals surface area contributed by atoms with Gasteiger partial charge in [0.2, 0.25) is 0 Å². The largest absolute Gasteiger partial charge is 0.497 e. The van der Waals surface area contributed by atoms with Crippen molar-refractivity contribution in [3.05, 3.63) is 59.7 Å². The van der Waals surface area contributed by atoms with E-state index in [4.69, 9.17) is 17.0 Å². The number of carbonyl (C=O) groups is 2. The van der Waals surface area contributed by atoms with Crippen LogP contribution in [0.15, 0.2) is 54.1 Å². The zero-order valence-corrected chi connectivity index (χ0v) is 17.6. The Morgan fingerprint density at radius 2 is 1.57 bits per heavy atom. The number of anilines is 2. The molecule has 6 nitrogen and oxygen atoms in total. The van der Waals surface area contributed by atoms with E-state index >= 15 is 0 Å². The van der Waals surface area contributed by atoms with Crippen molar-refractivity contribution in [2.75, 3.05) is 30.0 Å². The molecular weight excluding hydrogens is 398 g/mol. The minimum Gasteiger partial charge on any atom is -0.497 e. The van der Waals surface area contributed by atoms with E-state index < -0.39 is 11.8 Å². The van der Waals surface area contributed by atoms with Crippen molar-refractivity contribution >= 4 is 46.6 Å². The highest BCUT2D eigenvalue weighted by Gasteiger charge is 2.34. The maximum Gasteiger partial charge on any atom is 0.270 e. The van der Waals surface area contributed by atoms with E-state index in [-0.39, 0.29) is 10.7 Å². The van der Waals surface area contributed by atoms with Crippen LogP contribution in [0.2, 0.25) is 0 Å². The smallest absolute Gasteiger partial charge is 0.270 e. The molecule has 154 valence electrons. The van der Waals surface area contributed by atoms with Gasteiger partial charge in [-0.2, -0.15) is 0 Å². The van der Waals surface area contributed by atoms with E-state index in [1.54, 1.807) is 37.5 Å². The lowest BCUT2D eigenvalue weighted by molar-refractivity contribution is -0.122. The van der Waals surface area contributed by atoms with Gasteiger partial charge in [-0.05, 0) is 79.5 Å². The molecule has 0 radical (unpaired) electrons. The first kappa shape index (κ1) is 20.1. The zero-order chi connectivity index (χ0) is 21.1. The second-order valence-electron chi connectivity index (χ2n) is 7.30. The average molecular weight is 422 g/mol. The minimum atomic E-state index is -0.491. The Hall–Kier alpha value is -3.19.